The van der Waals surface area contributed by atoms with E-state index in [0.717, 1.165) is 37.7 Å². The number of aliphatic imine (C=N–C) groups is 1. The van der Waals surface area contributed by atoms with Crippen LogP contribution < -0.4 is 20.9 Å². The summed E-state index contributed by atoms with van der Waals surface area (Å²) in [5.74, 6) is 1.78. The van der Waals surface area contributed by atoms with Crippen molar-refractivity contribution < 1.29 is 0 Å². The van der Waals surface area contributed by atoms with Crippen molar-refractivity contribution >= 4 is 41.4 Å². The van der Waals surface area contributed by atoms with Crippen LogP contribution >= 0.6 is 24.0 Å². The standard InChI is InChI=1S/C23H34N6.HI/c1-19(20-10-9-11-21(18-20)29-16-7-8-17-29)28-23(24-2)27-15-6-5-14-26-22-12-3-4-13-25-22;/h3-4,9-13,18-19H,5-8,14-17H2,1-2H3,(H,25,26)(H2,24,27,28);1H. The monoisotopic (exact) mass is 522 g/mol. The van der Waals surface area contributed by atoms with E-state index in [9.17, 15) is 0 Å². The second kappa shape index (κ2) is 13.3. The number of halogens is 1. The van der Waals surface area contributed by atoms with Crippen LogP contribution in [0.2, 0.25) is 0 Å². The number of benzene rings is 1. The van der Waals surface area contributed by atoms with Crippen molar-refractivity contribution in [2.45, 2.75) is 38.6 Å². The molecule has 0 aliphatic carbocycles. The fraction of sp³-hybridized carbons (Fsp3) is 0.478. The van der Waals surface area contributed by atoms with Gasteiger partial charge in [-0.15, -0.1) is 24.0 Å². The summed E-state index contributed by atoms with van der Waals surface area (Å²) >= 11 is 0. The molecule has 1 atom stereocenters. The zero-order valence-corrected chi connectivity index (χ0v) is 20.4. The molecule has 0 spiro atoms. The van der Waals surface area contributed by atoms with Crippen LogP contribution in [0.1, 0.15) is 44.2 Å². The average molecular weight is 522 g/mol. The van der Waals surface area contributed by atoms with E-state index < -0.39 is 0 Å². The summed E-state index contributed by atoms with van der Waals surface area (Å²) in [5, 5.41) is 10.3. The number of aromatic nitrogens is 1. The van der Waals surface area contributed by atoms with Crippen molar-refractivity contribution in [1.29, 1.82) is 0 Å². The van der Waals surface area contributed by atoms with Gasteiger partial charge in [0.2, 0.25) is 0 Å². The highest BCUT2D eigenvalue weighted by atomic mass is 127. The highest BCUT2D eigenvalue weighted by Gasteiger charge is 2.14. The fourth-order valence-electron chi connectivity index (χ4n) is 3.59. The number of hydrogen-bond donors (Lipinski definition) is 3. The number of rotatable bonds is 9. The molecule has 30 heavy (non-hydrogen) atoms. The van der Waals surface area contributed by atoms with Crippen molar-refractivity contribution in [2.75, 3.05) is 43.4 Å². The van der Waals surface area contributed by atoms with E-state index in [1.54, 1.807) is 0 Å². The zero-order valence-electron chi connectivity index (χ0n) is 18.1. The molecule has 2 aromatic rings. The van der Waals surface area contributed by atoms with Gasteiger partial charge in [-0.1, -0.05) is 18.2 Å². The Hall–Kier alpha value is -2.03. The first-order valence-corrected chi connectivity index (χ1v) is 10.7. The van der Waals surface area contributed by atoms with Crippen LogP contribution in [0.15, 0.2) is 53.7 Å². The molecule has 0 amide bonds. The predicted molar refractivity (Wildman–Crippen MR) is 138 cm³/mol. The van der Waals surface area contributed by atoms with E-state index in [4.69, 9.17) is 0 Å². The van der Waals surface area contributed by atoms with Gasteiger partial charge in [0.05, 0.1) is 6.04 Å². The molecule has 3 rings (SSSR count). The van der Waals surface area contributed by atoms with Crippen molar-refractivity contribution in [2.24, 2.45) is 4.99 Å². The van der Waals surface area contributed by atoms with Gasteiger partial charge in [-0.2, -0.15) is 0 Å². The van der Waals surface area contributed by atoms with Gasteiger partial charge in [0, 0.05) is 45.1 Å². The maximum Gasteiger partial charge on any atom is 0.191 e. The Morgan fingerprint density at radius 2 is 1.90 bits per heavy atom. The molecule has 7 heteroatoms. The number of unbranched alkanes of at least 4 members (excludes halogenated alkanes) is 1. The molecular weight excluding hydrogens is 487 g/mol. The number of hydrogen-bond acceptors (Lipinski definition) is 4. The zero-order chi connectivity index (χ0) is 20.3. The van der Waals surface area contributed by atoms with Gasteiger partial charge in [-0.05, 0) is 62.4 Å². The maximum absolute atomic E-state index is 4.38. The van der Waals surface area contributed by atoms with Crippen molar-refractivity contribution in [3.8, 4) is 0 Å². The van der Waals surface area contributed by atoms with E-state index >= 15 is 0 Å². The molecule has 1 fully saturated rings. The summed E-state index contributed by atoms with van der Waals surface area (Å²) in [6.45, 7) is 6.34. The molecule has 1 aromatic heterocycles. The Bertz CT molecular complexity index is 761. The Morgan fingerprint density at radius 3 is 2.63 bits per heavy atom. The van der Waals surface area contributed by atoms with Crippen LogP contribution in [0, 0.1) is 0 Å². The van der Waals surface area contributed by atoms with E-state index in [1.807, 2.05) is 31.4 Å². The molecule has 1 aliphatic rings. The van der Waals surface area contributed by atoms with Gasteiger partial charge in [0.25, 0.3) is 0 Å². The second-order valence-corrected chi connectivity index (χ2v) is 7.50. The number of nitrogens with zero attached hydrogens (tertiary/aromatic N) is 3. The van der Waals surface area contributed by atoms with Crippen LogP contribution in [-0.4, -0.2) is 44.2 Å². The second-order valence-electron chi connectivity index (χ2n) is 7.50. The Labute approximate surface area is 198 Å². The van der Waals surface area contributed by atoms with Crippen LogP contribution in [0.5, 0.6) is 0 Å². The molecule has 1 aliphatic heterocycles. The molecule has 0 radical (unpaired) electrons. The lowest BCUT2D eigenvalue weighted by atomic mass is 10.1. The minimum atomic E-state index is 0. The minimum absolute atomic E-state index is 0. The molecule has 3 N–H and O–H groups in total. The van der Waals surface area contributed by atoms with E-state index in [0.29, 0.717) is 0 Å². The SMILES string of the molecule is CN=C(NCCCCNc1ccccn1)NC(C)c1cccc(N2CCCC2)c1.I. The lowest BCUT2D eigenvalue weighted by Crippen LogP contribution is -2.39. The molecule has 0 saturated carbocycles. The summed E-state index contributed by atoms with van der Waals surface area (Å²) in [4.78, 5) is 11.1. The van der Waals surface area contributed by atoms with Gasteiger partial charge in [-0.3, -0.25) is 4.99 Å². The van der Waals surface area contributed by atoms with Crippen LogP contribution in [0.25, 0.3) is 0 Å². The molecule has 1 unspecified atom stereocenters. The Kier molecular flexibility index (Phi) is 10.8. The molecule has 1 aromatic carbocycles. The lowest BCUT2D eigenvalue weighted by molar-refractivity contribution is 0.665. The summed E-state index contributed by atoms with van der Waals surface area (Å²) in [6, 6.07) is 15.0. The van der Waals surface area contributed by atoms with Crippen LogP contribution in [0.4, 0.5) is 11.5 Å². The average Bonchev–Trinajstić information content (AvgIpc) is 3.31. The van der Waals surface area contributed by atoms with E-state index in [1.165, 1.54) is 37.2 Å². The third kappa shape index (κ3) is 7.66. The molecule has 0 bridgehead atoms. The topological polar surface area (TPSA) is 64.6 Å². The van der Waals surface area contributed by atoms with Gasteiger partial charge >= 0.3 is 0 Å². The highest BCUT2D eigenvalue weighted by molar-refractivity contribution is 14.0. The van der Waals surface area contributed by atoms with E-state index in [-0.39, 0.29) is 30.0 Å². The summed E-state index contributed by atoms with van der Waals surface area (Å²) in [7, 11) is 1.82. The van der Waals surface area contributed by atoms with Crippen molar-refractivity contribution in [1.82, 2.24) is 15.6 Å². The normalized spacial score (nSPS) is 14.7. The van der Waals surface area contributed by atoms with Gasteiger partial charge in [0.15, 0.2) is 5.96 Å². The quantitative estimate of drug-likeness (QED) is 0.197. The first-order chi connectivity index (χ1) is 14.3. The van der Waals surface area contributed by atoms with Crippen LogP contribution in [-0.2, 0) is 0 Å². The molecular formula is C23H35IN6. The van der Waals surface area contributed by atoms with Crippen molar-refractivity contribution in [3.63, 3.8) is 0 Å². The number of nitrogens with one attached hydrogen (secondary N) is 3. The number of pyridine rings is 1. The predicted octanol–water partition coefficient (Wildman–Crippen LogP) is 4.42. The molecule has 164 valence electrons. The Morgan fingerprint density at radius 1 is 1.10 bits per heavy atom. The molecule has 2 heterocycles. The Balaban J connectivity index is 0.00000320. The first kappa shape index (κ1) is 24.2. The third-order valence-corrected chi connectivity index (χ3v) is 5.29. The summed E-state index contributed by atoms with van der Waals surface area (Å²) < 4.78 is 0. The minimum Gasteiger partial charge on any atom is -0.372 e. The van der Waals surface area contributed by atoms with E-state index in [2.05, 4.69) is 62.0 Å². The highest BCUT2D eigenvalue weighted by Crippen LogP contribution is 2.23. The summed E-state index contributed by atoms with van der Waals surface area (Å²) in [5.41, 5.74) is 2.62. The summed E-state index contributed by atoms with van der Waals surface area (Å²) in [6.07, 6.45) is 6.55. The van der Waals surface area contributed by atoms with Gasteiger partial charge in [0.1, 0.15) is 5.82 Å². The smallest absolute Gasteiger partial charge is 0.191 e. The largest absolute Gasteiger partial charge is 0.372 e. The maximum atomic E-state index is 4.38. The van der Waals surface area contributed by atoms with Gasteiger partial charge < -0.3 is 20.9 Å². The number of guanidine groups is 1. The lowest BCUT2D eigenvalue weighted by Gasteiger charge is -2.22. The molecule has 1 saturated heterocycles. The third-order valence-electron chi connectivity index (χ3n) is 5.29. The molecule has 6 nitrogen and oxygen atoms in total. The van der Waals surface area contributed by atoms with Gasteiger partial charge in [-0.25, -0.2) is 4.98 Å². The fourth-order valence-corrected chi connectivity index (χ4v) is 3.59. The van der Waals surface area contributed by atoms with Crippen molar-refractivity contribution in [3.05, 3.63) is 54.2 Å². The van der Waals surface area contributed by atoms with Crippen LogP contribution in [0.3, 0.4) is 0 Å². The first-order valence-electron chi connectivity index (χ1n) is 10.7. The number of anilines is 2.